The first-order chi connectivity index (χ1) is 10.1. The molecule has 0 saturated carbocycles. The molecule has 0 atom stereocenters. The fourth-order valence-corrected chi connectivity index (χ4v) is 2.29. The molecule has 0 aliphatic carbocycles. The van der Waals surface area contributed by atoms with Gasteiger partial charge in [-0.3, -0.25) is 9.59 Å². The molecule has 1 fully saturated rings. The summed E-state index contributed by atoms with van der Waals surface area (Å²) in [6, 6.07) is 8.77. The fraction of sp³-hybridized carbons (Fsp3) is 0.214. The molecule has 0 unspecified atom stereocenters. The van der Waals surface area contributed by atoms with Gasteiger partial charge in [0.1, 0.15) is 0 Å². The standard InChI is InChI=1S/C14H14N4O3/c1-17-6-7-18(14(20)13(17)19)10-5-3-2-4-9(10)11-8-12(15)16-21-11/h2-5,8H,6-7H2,1H3,(H2,15,16). The van der Waals surface area contributed by atoms with Crippen molar-refractivity contribution in [2.24, 2.45) is 0 Å². The van der Waals surface area contributed by atoms with Gasteiger partial charge < -0.3 is 20.1 Å². The van der Waals surface area contributed by atoms with Crippen LogP contribution in [0.3, 0.4) is 0 Å². The lowest BCUT2D eigenvalue weighted by molar-refractivity contribution is -0.145. The van der Waals surface area contributed by atoms with Crippen molar-refractivity contribution in [1.29, 1.82) is 0 Å². The Morgan fingerprint density at radius 3 is 2.67 bits per heavy atom. The molecular formula is C14H14N4O3. The lowest BCUT2D eigenvalue weighted by Crippen LogP contribution is -2.53. The van der Waals surface area contributed by atoms with Crippen molar-refractivity contribution < 1.29 is 14.1 Å². The zero-order valence-electron chi connectivity index (χ0n) is 11.4. The van der Waals surface area contributed by atoms with Gasteiger partial charge in [-0.25, -0.2) is 0 Å². The minimum atomic E-state index is -0.552. The number of likely N-dealkylation sites (N-methyl/N-ethyl adjacent to an activating group) is 1. The molecule has 1 aliphatic heterocycles. The molecule has 1 aromatic heterocycles. The molecular weight excluding hydrogens is 272 g/mol. The number of hydrogen-bond donors (Lipinski definition) is 1. The average Bonchev–Trinajstić information content (AvgIpc) is 2.92. The summed E-state index contributed by atoms with van der Waals surface area (Å²) >= 11 is 0. The Labute approximate surface area is 120 Å². The van der Waals surface area contributed by atoms with Gasteiger partial charge in [-0.1, -0.05) is 17.3 Å². The first-order valence-electron chi connectivity index (χ1n) is 6.46. The Hall–Kier alpha value is -2.83. The number of anilines is 2. The second-order valence-corrected chi connectivity index (χ2v) is 4.82. The summed E-state index contributed by atoms with van der Waals surface area (Å²) in [5.74, 6) is -0.348. The fourth-order valence-electron chi connectivity index (χ4n) is 2.29. The summed E-state index contributed by atoms with van der Waals surface area (Å²) in [6.45, 7) is 0.916. The topological polar surface area (TPSA) is 92.7 Å². The van der Waals surface area contributed by atoms with Gasteiger partial charge in [0, 0.05) is 31.8 Å². The third-order valence-electron chi connectivity index (χ3n) is 3.42. The molecule has 0 bridgehead atoms. The maximum atomic E-state index is 12.2. The van der Waals surface area contributed by atoms with Crippen molar-refractivity contribution in [3.63, 3.8) is 0 Å². The highest BCUT2D eigenvalue weighted by atomic mass is 16.5. The summed E-state index contributed by atoms with van der Waals surface area (Å²) in [7, 11) is 1.61. The number of nitrogens with two attached hydrogens (primary N) is 1. The van der Waals surface area contributed by atoms with Crippen LogP contribution in [0, 0.1) is 0 Å². The molecule has 0 radical (unpaired) electrons. The van der Waals surface area contributed by atoms with Crippen LogP contribution in [0.15, 0.2) is 34.9 Å². The number of nitrogens with zero attached hydrogens (tertiary/aromatic N) is 3. The zero-order valence-corrected chi connectivity index (χ0v) is 11.4. The second-order valence-electron chi connectivity index (χ2n) is 4.82. The van der Waals surface area contributed by atoms with Crippen LogP contribution in [-0.4, -0.2) is 42.0 Å². The Kier molecular flexibility index (Phi) is 3.09. The van der Waals surface area contributed by atoms with Gasteiger partial charge in [0.25, 0.3) is 0 Å². The SMILES string of the molecule is CN1CCN(c2ccccc2-c2cc(N)no2)C(=O)C1=O. The van der Waals surface area contributed by atoms with Crippen LogP contribution in [0.5, 0.6) is 0 Å². The van der Waals surface area contributed by atoms with Crippen molar-refractivity contribution in [1.82, 2.24) is 10.1 Å². The minimum Gasteiger partial charge on any atom is -0.381 e. The number of piperazine rings is 1. The van der Waals surface area contributed by atoms with E-state index in [4.69, 9.17) is 10.3 Å². The largest absolute Gasteiger partial charge is 0.381 e. The third kappa shape index (κ3) is 2.22. The molecule has 1 aliphatic rings. The molecule has 0 spiro atoms. The van der Waals surface area contributed by atoms with Crippen LogP contribution in [0.1, 0.15) is 0 Å². The zero-order chi connectivity index (χ0) is 15.0. The normalized spacial score (nSPS) is 15.7. The Balaban J connectivity index is 2.03. The number of carbonyl (C=O) groups excluding carboxylic acids is 2. The number of hydrogen-bond acceptors (Lipinski definition) is 5. The highest BCUT2D eigenvalue weighted by Crippen LogP contribution is 2.32. The van der Waals surface area contributed by atoms with Crippen molar-refractivity contribution in [2.75, 3.05) is 30.8 Å². The number of nitrogen functional groups attached to an aromatic ring is 1. The smallest absolute Gasteiger partial charge is 0.316 e. The van der Waals surface area contributed by atoms with E-state index in [-0.39, 0.29) is 5.82 Å². The monoisotopic (exact) mass is 286 g/mol. The van der Waals surface area contributed by atoms with Crippen molar-refractivity contribution in [2.45, 2.75) is 0 Å². The summed E-state index contributed by atoms with van der Waals surface area (Å²) in [5.41, 5.74) is 6.85. The van der Waals surface area contributed by atoms with E-state index in [0.29, 0.717) is 30.1 Å². The number of para-hydroxylation sites is 1. The highest BCUT2D eigenvalue weighted by molar-refractivity contribution is 6.41. The predicted octanol–water partition coefficient (Wildman–Crippen LogP) is 0.729. The minimum absolute atomic E-state index is 0.264. The van der Waals surface area contributed by atoms with E-state index in [9.17, 15) is 9.59 Å². The quantitative estimate of drug-likeness (QED) is 0.821. The van der Waals surface area contributed by atoms with Gasteiger partial charge in [0.05, 0.1) is 5.69 Å². The number of carbonyl (C=O) groups is 2. The number of rotatable bonds is 2. The molecule has 7 nitrogen and oxygen atoms in total. The van der Waals surface area contributed by atoms with E-state index in [1.54, 1.807) is 31.3 Å². The van der Waals surface area contributed by atoms with E-state index in [2.05, 4.69) is 5.16 Å². The van der Waals surface area contributed by atoms with Crippen molar-refractivity contribution >= 4 is 23.3 Å². The lowest BCUT2D eigenvalue weighted by atomic mass is 10.1. The van der Waals surface area contributed by atoms with Gasteiger partial charge >= 0.3 is 11.8 Å². The van der Waals surface area contributed by atoms with Crippen LogP contribution >= 0.6 is 0 Å². The first kappa shape index (κ1) is 13.2. The molecule has 108 valence electrons. The van der Waals surface area contributed by atoms with Crippen LogP contribution in [0.25, 0.3) is 11.3 Å². The van der Waals surface area contributed by atoms with E-state index in [1.165, 1.54) is 9.80 Å². The molecule has 1 aromatic carbocycles. The van der Waals surface area contributed by atoms with Crippen LogP contribution in [-0.2, 0) is 9.59 Å². The first-order valence-corrected chi connectivity index (χ1v) is 6.46. The predicted molar refractivity (Wildman–Crippen MR) is 76.3 cm³/mol. The third-order valence-corrected chi connectivity index (χ3v) is 3.42. The van der Waals surface area contributed by atoms with Gasteiger partial charge in [-0.05, 0) is 12.1 Å². The van der Waals surface area contributed by atoms with Crippen LogP contribution < -0.4 is 10.6 Å². The van der Waals surface area contributed by atoms with Crippen molar-refractivity contribution in [3.8, 4) is 11.3 Å². The molecule has 1 saturated heterocycles. The Morgan fingerprint density at radius 1 is 1.19 bits per heavy atom. The van der Waals surface area contributed by atoms with Gasteiger partial charge in [-0.15, -0.1) is 0 Å². The van der Waals surface area contributed by atoms with E-state index in [0.717, 1.165) is 0 Å². The molecule has 3 rings (SSSR count). The van der Waals surface area contributed by atoms with Gasteiger partial charge in [0.2, 0.25) is 0 Å². The molecule has 2 amide bonds. The van der Waals surface area contributed by atoms with E-state index in [1.807, 2.05) is 6.07 Å². The van der Waals surface area contributed by atoms with Crippen LogP contribution in [0.4, 0.5) is 11.5 Å². The molecule has 2 N–H and O–H groups in total. The maximum Gasteiger partial charge on any atom is 0.316 e. The van der Waals surface area contributed by atoms with E-state index < -0.39 is 11.8 Å². The lowest BCUT2D eigenvalue weighted by Gasteiger charge is -2.32. The van der Waals surface area contributed by atoms with Gasteiger partial charge in [-0.2, -0.15) is 0 Å². The summed E-state index contributed by atoms with van der Waals surface area (Å²) in [4.78, 5) is 26.9. The number of aromatic nitrogens is 1. The number of benzene rings is 1. The average molecular weight is 286 g/mol. The number of amides is 2. The van der Waals surface area contributed by atoms with Crippen LogP contribution in [0.2, 0.25) is 0 Å². The highest BCUT2D eigenvalue weighted by Gasteiger charge is 2.32. The van der Waals surface area contributed by atoms with Crippen molar-refractivity contribution in [3.05, 3.63) is 30.3 Å². The maximum absolute atomic E-state index is 12.2. The van der Waals surface area contributed by atoms with Gasteiger partial charge in [0.15, 0.2) is 11.6 Å². The summed E-state index contributed by atoms with van der Waals surface area (Å²) < 4.78 is 5.16. The Bertz CT molecular complexity index is 710. The molecule has 7 heteroatoms. The Morgan fingerprint density at radius 2 is 1.95 bits per heavy atom. The molecule has 21 heavy (non-hydrogen) atoms. The molecule has 2 aromatic rings. The summed E-state index contributed by atoms with van der Waals surface area (Å²) in [6.07, 6.45) is 0. The second kappa shape index (κ2) is 4.93. The molecule has 2 heterocycles. The summed E-state index contributed by atoms with van der Waals surface area (Å²) in [5, 5.41) is 3.65. The van der Waals surface area contributed by atoms with E-state index >= 15 is 0 Å².